The number of benzene rings is 1. The number of hydrogen-bond donors (Lipinski definition) is 2. The van der Waals surface area contributed by atoms with Crippen molar-refractivity contribution in [2.75, 3.05) is 7.11 Å². The van der Waals surface area contributed by atoms with Crippen molar-refractivity contribution in [3.8, 4) is 11.6 Å². The summed E-state index contributed by atoms with van der Waals surface area (Å²) in [5.74, 6) is -0.107. The lowest BCUT2D eigenvalue weighted by molar-refractivity contribution is -0.384. The number of aromatic nitrogens is 2. The maximum Gasteiger partial charge on any atom is 0.331 e. The second-order valence-corrected chi connectivity index (χ2v) is 5.53. The van der Waals surface area contributed by atoms with Gasteiger partial charge in [-0.05, 0) is 18.2 Å². The van der Waals surface area contributed by atoms with Gasteiger partial charge in [0.2, 0.25) is 5.88 Å². The zero-order chi connectivity index (χ0) is 20.3. The second kappa shape index (κ2) is 7.61. The Morgan fingerprint density at radius 1 is 1.39 bits per heavy atom. The highest BCUT2D eigenvalue weighted by atomic mass is 16.6. The van der Waals surface area contributed by atoms with E-state index in [4.69, 9.17) is 9.15 Å². The summed E-state index contributed by atoms with van der Waals surface area (Å²) in [6, 6.07) is 6.95. The molecule has 0 spiro atoms. The molecule has 0 aliphatic carbocycles. The van der Waals surface area contributed by atoms with Crippen molar-refractivity contribution in [3.05, 3.63) is 78.9 Å². The van der Waals surface area contributed by atoms with Gasteiger partial charge in [0.15, 0.2) is 5.75 Å². The van der Waals surface area contributed by atoms with E-state index in [1.807, 2.05) is 0 Å². The average molecular weight is 386 g/mol. The molecule has 0 amide bonds. The van der Waals surface area contributed by atoms with Gasteiger partial charge in [-0.3, -0.25) is 29.5 Å². The third-order valence-electron chi connectivity index (χ3n) is 3.81. The summed E-state index contributed by atoms with van der Waals surface area (Å²) in [5, 5.41) is 21.2. The van der Waals surface area contributed by atoms with Gasteiger partial charge < -0.3 is 14.3 Å². The molecule has 0 atom stereocenters. The number of furan rings is 1. The molecule has 144 valence electrons. The first kappa shape index (κ1) is 18.6. The van der Waals surface area contributed by atoms with Crippen LogP contribution in [0.1, 0.15) is 11.3 Å². The van der Waals surface area contributed by atoms with Crippen molar-refractivity contribution in [1.29, 1.82) is 0 Å². The molecule has 11 nitrogen and oxygen atoms in total. The maximum atomic E-state index is 12.1. The zero-order valence-corrected chi connectivity index (χ0v) is 14.5. The Morgan fingerprint density at radius 3 is 2.82 bits per heavy atom. The van der Waals surface area contributed by atoms with Crippen LogP contribution in [0.5, 0.6) is 11.6 Å². The van der Waals surface area contributed by atoms with Crippen molar-refractivity contribution < 1.29 is 19.2 Å². The van der Waals surface area contributed by atoms with Crippen molar-refractivity contribution in [2.45, 2.75) is 6.54 Å². The molecular formula is C17H14N4O7. The number of rotatable bonds is 6. The fraction of sp³-hybridized carbons (Fsp3) is 0.118. The van der Waals surface area contributed by atoms with Crippen molar-refractivity contribution in [3.63, 3.8) is 0 Å². The minimum Gasteiger partial charge on any atom is -0.494 e. The van der Waals surface area contributed by atoms with E-state index in [9.17, 15) is 24.8 Å². The number of non-ortho nitro benzene ring substituents is 1. The normalized spacial score (nSPS) is 11.0. The first-order chi connectivity index (χ1) is 13.4. The average Bonchev–Trinajstić information content (AvgIpc) is 3.18. The topological polar surface area (TPSA) is 153 Å². The van der Waals surface area contributed by atoms with Gasteiger partial charge in [0.25, 0.3) is 11.2 Å². The number of aliphatic imine (C=N–C) groups is 1. The molecule has 0 unspecified atom stereocenters. The molecule has 2 N–H and O–H groups in total. The number of ether oxygens (including phenoxy) is 1. The Balaban J connectivity index is 2.01. The molecule has 0 saturated carbocycles. The number of nitro benzene ring substituents is 1. The molecule has 28 heavy (non-hydrogen) atoms. The van der Waals surface area contributed by atoms with Gasteiger partial charge in [-0.15, -0.1) is 0 Å². The highest BCUT2D eigenvalue weighted by Crippen LogP contribution is 2.31. The molecule has 11 heteroatoms. The molecule has 3 rings (SSSR count). The Labute approximate surface area is 156 Å². The van der Waals surface area contributed by atoms with Gasteiger partial charge in [-0.1, -0.05) is 0 Å². The predicted molar refractivity (Wildman–Crippen MR) is 97.7 cm³/mol. The molecule has 0 bridgehead atoms. The minimum atomic E-state index is -0.845. The summed E-state index contributed by atoms with van der Waals surface area (Å²) in [6.45, 7) is -0.101. The molecule has 0 radical (unpaired) electrons. The smallest absolute Gasteiger partial charge is 0.331 e. The summed E-state index contributed by atoms with van der Waals surface area (Å²) in [7, 11) is 1.31. The van der Waals surface area contributed by atoms with Gasteiger partial charge >= 0.3 is 5.69 Å². The van der Waals surface area contributed by atoms with Gasteiger partial charge in [-0.2, -0.15) is 0 Å². The third-order valence-corrected chi connectivity index (χ3v) is 3.81. The van der Waals surface area contributed by atoms with E-state index < -0.39 is 22.1 Å². The van der Waals surface area contributed by atoms with E-state index in [-0.39, 0.29) is 29.2 Å². The number of nitrogens with zero attached hydrogens (tertiary/aromatic N) is 3. The quantitative estimate of drug-likeness (QED) is 0.370. The Bertz CT molecular complexity index is 1160. The summed E-state index contributed by atoms with van der Waals surface area (Å²) < 4.78 is 11.1. The lowest BCUT2D eigenvalue weighted by atomic mass is 10.2. The number of aromatic amines is 1. The molecule has 0 saturated heterocycles. The summed E-state index contributed by atoms with van der Waals surface area (Å²) >= 11 is 0. The van der Waals surface area contributed by atoms with Crippen LogP contribution in [0.4, 0.5) is 11.4 Å². The van der Waals surface area contributed by atoms with Gasteiger partial charge in [0.05, 0.1) is 30.9 Å². The number of hydrogen-bond acceptors (Lipinski definition) is 8. The van der Waals surface area contributed by atoms with E-state index in [0.29, 0.717) is 5.76 Å². The number of methoxy groups -OCH3 is 1. The Hall–Kier alpha value is -4.15. The zero-order valence-electron chi connectivity index (χ0n) is 14.5. The van der Waals surface area contributed by atoms with Crippen LogP contribution in [-0.4, -0.2) is 32.9 Å². The van der Waals surface area contributed by atoms with Crippen LogP contribution in [0.2, 0.25) is 0 Å². The summed E-state index contributed by atoms with van der Waals surface area (Å²) in [5.41, 5.74) is -1.93. The highest BCUT2D eigenvalue weighted by molar-refractivity contribution is 5.84. The van der Waals surface area contributed by atoms with Crippen LogP contribution in [-0.2, 0) is 6.54 Å². The van der Waals surface area contributed by atoms with Crippen LogP contribution in [0.15, 0.2) is 55.6 Å². The molecule has 2 heterocycles. The monoisotopic (exact) mass is 386 g/mol. The third kappa shape index (κ3) is 3.67. The van der Waals surface area contributed by atoms with Gasteiger partial charge in [0.1, 0.15) is 17.0 Å². The molecule has 2 aromatic heterocycles. The van der Waals surface area contributed by atoms with Crippen molar-refractivity contribution in [1.82, 2.24) is 9.55 Å². The first-order valence-corrected chi connectivity index (χ1v) is 7.85. The number of nitrogens with one attached hydrogen (secondary N) is 1. The molecule has 3 aromatic rings. The SMILES string of the molecule is COc1cc([N+](=O)[O-])ccc1N=Cc1c(O)n(Cc2ccco2)c(=O)[nH]c1=O. The van der Waals surface area contributed by atoms with E-state index in [2.05, 4.69) is 9.98 Å². The van der Waals surface area contributed by atoms with Crippen LogP contribution >= 0.6 is 0 Å². The summed E-state index contributed by atoms with van der Waals surface area (Å²) in [6.07, 6.45) is 2.45. The number of aromatic hydroxyl groups is 1. The van der Waals surface area contributed by atoms with E-state index in [0.717, 1.165) is 10.8 Å². The maximum absolute atomic E-state index is 12.1. The van der Waals surface area contributed by atoms with Gasteiger partial charge in [0, 0.05) is 12.3 Å². The molecular weight excluding hydrogens is 372 g/mol. The second-order valence-electron chi connectivity index (χ2n) is 5.53. The number of H-pyrrole nitrogens is 1. The minimum absolute atomic E-state index is 0.101. The van der Waals surface area contributed by atoms with E-state index >= 15 is 0 Å². The Kier molecular flexibility index (Phi) is 5.07. The summed E-state index contributed by atoms with van der Waals surface area (Å²) in [4.78, 5) is 40.5. The molecule has 0 fully saturated rings. The van der Waals surface area contributed by atoms with E-state index in [1.54, 1.807) is 12.1 Å². The van der Waals surface area contributed by atoms with Crippen LogP contribution in [0, 0.1) is 10.1 Å². The lowest BCUT2D eigenvalue weighted by Gasteiger charge is -2.08. The molecule has 0 aliphatic heterocycles. The van der Waals surface area contributed by atoms with Crippen molar-refractivity contribution >= 4 is 17.6 Å². The Morgan fingerprint density at radius 2 is 2.18 bits per heavy atom. The van der Waals surface area contributed by atoms with Crippen molar-refractivity contribution in [2.24, 2.45) is 4.99 Å². The fourth-order valence-corrected chi connectivity index (χ4v) is 2.42. The molecule has 1 aromatic carbocycles. The van der Waals surface area contributed by atoms with Crippen LogP contribution < -0.4 is 16.0 Å². The lowest BCUT2D eigenvalue weighted by Crippen LogP contribution is -2.32. The van der Waals surface area contributed by atoms with Crippen LogP contribution in [0.3, 0.4) is 0 Å². The largest absolute Gasteiger partial charge is 0.494 e. The number of nitro groups is 1. The van der Waals surface area contributed by atoms with Gasteiger partial charge in [-0.25, -0.2) is 4.79 Å². The standard InChI is InChI=1S/C17H14N4O7/c1-27-14-7-10(21(25)26)4-5-13(14)18-8-12-15(22)19-17(24)20(16(12)23)9-11-3-2-6-28-11/h2-8,23H,9H2,1H3,(H,19,22,24). The molecule has 0 aliphatic rings. The predicted octanol–water partition coefficient (Wildman–Crippen LogP) is 1.55. The van der Waals surface area contributed by atoms with E-state index in [1.165, 1.54) is 31.6 Å². The highest BCUT2D eigenvalue weighted by Gasteiger charge is 2.15. The first-order valence-electron chi connectivity index (χ1n) is 7.85. The fourth-order valence-electron chi connectivity index (χ4n) is 2.42. The van der Waals surface area contributed by atoms with Crippen LogP contribution in [0.25, 0.3) is 0 Å².